The molecule has 2 rings (SSSR count). The largest absolute Gasteiger partial charge is 0.496 e. The Morgan fingerprint density at radius 3 is 2.50 bits per heavy atom. The molecule has 0 amide bonds. The number of benzene rings is 2. The average Bonchev–Trinajstić information content (AvgIpc) is 2.80. The number of hydrogen-bond donors (Lipinski definition) is 0. The van der Waals surface area contributed by atoms with Crippen LogP contribution in [0, 0.1) is 24.2 Å². The number of aryl methyl sites for hydroxylation is 1. The van der Waals surface area contributed by atoms with Crippen molar-refractivity contribution in [2.45, 2.75) is 45.4 Å². The number of nitrogens with zero attached hydrogens (tertiary/aromatic N) is 2. The number of nitriles is 1. The van der Waals surface area contributed by atoms with Crippen LogP contribution in [0.1, 0.15) is 53.7 Å². The van der Waals surface area contributed by atoms with Gasteiger partial charge in [-0.3, -0.25) is 0 Å². The van der Waals surface area contributed by atoms with Gasteiger partial charge in [-0.05, 0) is 80.6 Å². The number of esters is 1. The van der Waals surface area contributed by atoms with E-state index >= 15 is 0 Å². The third-order valence-corrected chi connectivity index (χ3v) is 6.34. The molecule has 0 heterocycles. The molecule has 0 saturated heterocycles. The minimum Gasteiger partial charge on any atom is -0.496 e. The first-order valence-corrected chi connectivity index (χ1v) is 11.2. The van der Waals surface area contributed by atoms with Gasteiger partial charge in [-0.2, -0.15) is 5.26 Å². The highest BCUT2D eigenvalue weighted by Crippen LogP contribution is 2.37. The summed E-state index contributed by atoms with van der Waals surface area (Å²) >= 11 is 0. The number of rotatable bonds is 11. The lowest BCUT2D eigenvalue weighted by Gasteiger charge is -2.32. The standard InChI is InChI=1S/C27H36N2O3/c1-20(2)27(19-28,24-10-7-9-23(18-24)26(30)32-6)14-8-15-29(4)16-13-22-11-12-25(31-5)21(3)17-22/h7,9-12,17-18,20H,8,13-16H2,1-6H3. The summed E-state index contributed by atoms with van der Waals surface area (Å²) in [5.41, 5.74) is 3.17. The van der Waals surface area contributed by atoms with Crippen molar-refractivity contribution in [3.8, 4) is 11.8 Å². The van der Waals surface area contributed by atoms with Crippen molar-refractivity contribution in [2.24, 2.45) is 5.92 Å². The van der Waals surface area contributed by atoms with Gasteiger partial charge in [0.05, 0.1) is 31.3 Å². The predicted octanol–water partition coefficient (Wildman–Crippen LogP) is 5.16. The molecule has 0 aliphatic heterocycles. The second-order valence-electron chi connectivity index (χ2n) is 8.77. The van der Waals surface area contributed by atoms with Crippen LogP contribution in [0.5, 0.6) is 5.75 Å². The van der Waals surface area contributed by atoms with Gasteiger partial charge in [0, 0.05) is 6.54 Å². The topological polar surface area (TPSA) is 62.6 Å². The third-order valence-electron chi connectivity index (χ3n) is 6.34. The summed E-state index contributed by atoms with van der Waals surface area (Å²) in [7, 11) is 5.19. The molecule has 1 atom stereocenters. The third kappa shape index (κ3) is 6.11. The number of ether oxygens (including phenoxy) is 2. The smallest absolute Gasteiger partial charge is 0.337 e. The van der Waals surface area contributed by atoms with E-state index < -0.39 is 5.41 Å². The van der Waals surface area contributed by atoms with Gasteiger partial charge in [0.25, 0.3) is 0 Å². The van der Waals surface area contributed by atoms with Crippen molar-refractivity contribution in [1.82, 2.24) is 4.90 Å². The summed E-state index contributed by atoms with van der Waals surface area (Å²) in [5.74, 6) is 0.656. The molecular formula is C27H36N2O3. The van der Waals surface area contributed by atoms with Crippen LogP contribution < -0.4 is 4.74 Å². The molecule has 0 aromatic heterocycles. The van der Waals surface area contributed by atoms with Gasteiger partial charge in [-0.1, -0.05) is 38.1 Å². The van der Waals surface area contributed by atoms with E-state index in [1.54, 1.807) is 13.2 Å². The number of likely N-dealkylation sites (N-methyl/N-ethyl adjacent to an activating group) is 1. The van der Waals surface area contributed by atoms with Crippen molar-refractivity contribution < 1.29 is 14.3 Å². The van der Waals surface area contributed by atoms with Crippen LogP contribution in [0.25, 0.3) is 0 Å². The van der Waals surface area contributed by atoms with Gasteiger partial charge >= 0.3 is 5.97 Å². The van der Waals surface area contributed by atoms with E-state index in [4.69, 9.17) is 9.47 Å². The molecule has 0 fully saturated rings. The van der Waals surface area contributed by atoms with Crippen LogP contribution in [0.15, 0.2) is 42.5 Å². The zero-order chi connectivity index (χ0) is 23.7. The summed E-state index contributed by atoms with van der Waals surface area (Å²) in [6.45, 7) is 8.06. The van der Waals surface area contributed by atoms with Crippen LogP contribution in [-0.2, 0) is 16.6 Å². The van der Waals surface area contributed by atoms with E-state index in [0.29, 0.717) is 5.56 Å². The van der Waals surface area contributed by atoms with E-state index in [-0.39, 0.29) is 11.9 Å². The minimum atomic E-state index is -0.641. The van der Waals surface area contributed by atoms with Crippen molar-refractivity contribution >= 4 is 5.97 Å². The quantitative estimate of drug-likeness (QED) is 0.455. The van der Waals surface area contributed by atoms with E-state index in [2.05, 4.69) is 50.9 Å². The first kappa shape index (κ1) is 25.4. The molecule has 172 valence electrons. The number of carbonyl (C=O) groups excluding carboxylic acids is 1. The molecule has 0 aliphatic carbocycles. The zero-order valence-corrected chi connectivity index (χ0v) is 20.3. The highest BCUT2D eigenvalue weighted by Gasteiger charge is 2.36. The lowest BCUT2D eigenvalue weighted by Crippen LogP contribution is -2.33. The van der Waals surface area contributed by atoms with Gasteiger partial charge in [-0.25, -0.2) is 4.79 Å². The van der Waals surface area contributed by atoms with Crippen LogP contribution in [-0.4, -0.2) is 45.2 Å². The second-order valence-corrected chi connectivity index (χ2v) is 8.77. The van der Waals surface area contributed by atoms with Crippen molar-refractivity contribution in [2.75, 3.05) is 34.4 Å². The summed E-state index contributed by atoms with van der Waals surface area (Å²) < 4.78 is 10.2. The van der Waals surface area contributed by atoms with Crippen molar-refractivity contribution in [3.63, 3.8) is 0 Å². The van der Waals surface area contributed by atoms with Crippen LogP contribution in [0.4, 0.5) is 0 Å². The number of methoxy groups -OCH3 is 2. The van der Waals surface area contributed by atoms with Crippen molar-refractivity contribution in [3.05, 3.63) is 64.7 Å². The molecule has 5 nitrogen and oxygen atoms in total. The van der Waals surface area contributed by atoms with E-state index in [9.17, 15) is 10.1 Å². The highest BCUT2D eigenvalue weighted by atomic mass is 16.5. The fourth-order valence-corrected chi connectivity index (χ4v) is 4.21. The first-order valence-electron chi connectivity index (χ1n) is 11.2. The summed E-state index contributed by atoms with van der Waals surface area (Å²) in [4.78, 5) is 14.3. The molecule has 1 unspecified atom stereocenters. The Balaban J connectivity index is 2.01. The zero-order valence-electron chi connectivity index (χ0n) is 20.3. The molecule has 0 bridgehead atoms. The van der Waals surface area contributed by atoms with Gasteiger partial charge in [-0.15, -0.1) is 0 Å². The number of carbonyl (C=O) groups is 1. The Morgan fingerprint density at radius 1 is 1.16 bits per heavy atom. The van der Waals surface area contributed by atoms with Gasteiger partial charge in [0.2, 0.25) is 0 Å². The molecular weight excluding hydrogens is 400 g/mol. The Bertz CT molecular complexity index is 948. The maximum absolute atomic E-state index is 12.0. The predicted molar refractivity (Wildman–Crippen MR) is 128 cm³/mol. The monoisotopic (exact) mass is 436 g/mol. The van der Waals surface area contributed by atoms with Gasteiger partial charge < -0.3 is 14.4 Å². The molecule has 0 radical (unpaired) electrons. The Labute approximate surface area is 193 Å². The fourth-order valence-electron chi connectivity index (χ4n) is 4.21. The molecule has 0 spiro atoms. The molecule has 0 N–H and O–H groups in total. The van der Waals surface area contributed by atoms with Crippen molar-refractivity contribution in [1.29, 1.82) is 5.26 Å². The van der Waals surface area contributed by atoms with Gasteiger partial charge in [0.1, 0.15) is 5.75 Å². The minimum absolute atomic E-state index is 0.118. The summed E-state index contributed by atoms with van der Waals surface area (Å²) in [6.07, 6.45) is 2.60. The van der Waals surface area contributed by atoms with Crippen LogP contribution in [0.2, 0.25) is 0 Å². The molecule has 32 heavy (non-hydrogen) atoms. The van der Waals surface area contributed by atoms with E-state index in [1.165, 1.54) is 12.7 Å². The lowest BCUT2D eigenvalue weighted by molar-refractivity contribution is 0.0600. The Kier molecular flexibility index (Phi) is 9.28. The second kappa shape index (κ2) is 11.7. The summed E-state index contributed by atoms with van der Waals surface area (Å²) in [6, 6.07) is 16.2. The Hall–Kier alpha value is -2.84. The molecule has 0 saturated carbocycles. The maximum atomic E-state index is 12.0. The van der Waals surface area contributed by atoms with Crippen LogP contribution >= 0.6 is 0 Å². The maximum Gasteiger partial charge on any atom is 0.337 e. The summed E-state index contributed by atoms with van der Waals surface area (Å²) in [5, 5.41) is 10.2. The lowest BCUT2D eigenvalue weighted by atomic mass is 9.69. The Morgan fingerprint density at radius 2 is 1.91 bits per heavy atom. The SMILES string of the molecule is COC(=O)c1cccc(C(C#N)(CCCN(C)CCc2ccc(OC)c(C)c2)C(C)C)c1. The molecule has 5 heteroatoms. The molecule has 2 aromatic rings. The fraction of sp³-hybridized carbons (Fsp3) is 0.481. The molecule has 2 aromatic carbocycles. The highest BCUT2D eigenvalue weighted by molar-refractivity contribution is 5.89. The first-order chi connectivity index (χ1) is 15.3. The molecule has 0 aliphatic rings. The average molecular weight is 437 g/mol. The normalized spacial score (nSPS) is 13.0. The van der Waals surface area contributed by atoms with E-state index in [1.807, 2.05) is 24.3 Å². The van der Waals surface area contributed by atoms with Gasteiger partial charge in [0.15, 0.2) is 0 Å². The van der Waals surface area contributed by atoms with Crippen LogP contribution in [0.3, 0.4) is 0 Å². The number of hydrogen-bond acceptors (Lipinski definition) is 5. The van der Waals surface area contributed by atoms with E-state index in [0.717, 1.165) is 49.2 Å².